The second-order valence-corrected chi connectivity index (χ2v) is 4.17. The van der Waals surface area contributed by atoms with Crippen LogP contribution in [0.2, 0.25) is 0 Å². The maximum absolute atomic E-state index is 11.5. The summed E-state index contributed by atoms with van der Waals surface area (Å²) in [5, 5.41) is 5.80. The molecule has 0 spiro atoms. The number of rotatable bonds is 6. The van der Waals surface area contributed by atoms with E-state index >= 15 is 0 Å². The Kier molecular flexibility index (Phi) is 7.21. The average Bonchev–Trinajstić information content (AvgIpc) is 2.26. The van der Waals surface area contributed by atoms with Crippen molar-refractivity contribution in [3.05, 3.63) is 11.6 Å². The van der Waals surface area contributed by atoms with E-state index in [-0.39, 0.29) is 24.0 Å². The van der Waals surface area contributed by atoms with E-state index in [0.717, 1.165) is 0 Å². The van der Waals surface area contributed by atoms with Crippen LogP contribution in [0.3, 0.4) is 0 Å². The van der Waals surface area contributed by atoms with Crippen molar-refractivity contribution in [2.45, 2.75) is 39.8 Å². The molecule has 2 N–H and O–H groups in total. The minimum atomic E-state index is -0.355. The lowest BCUT2D eigenvalue weighted by Crippen LogP contribution is -2.44. The molecule has 0 radical (unpaired) electrons. The van der Waals surface area contributed by atoms with Crippen molar-refractivity contribution < 1.29 is 14.3 Å². The molecule has 1 amide bonds. The topological polar surface area (TPSA) is 67.4 Å². The molecule has 0 aromatic heterocycles. The van der Waals surface area contributed by atoms with Gasteiger partial charge in [-0.05, 0) is 27.7 Å². The van der Waals surface area contributed by atoms with Gasteiger partial charge < -0.3 is 15.4 Å². The summed E-state index contributed by atoms with van der Waals surface area (Å²) in [7, 11) is 1.34. The average molecular weight is 242 g/mol. The van der Waals surface area contributed by atoms with Gasteiger partial charge in [-0.25, -0.2) is 4.79 Å². The fourth-order valence-electron chi connectivity index (χ4n) is 1.14. The Bertz CT molecular complexity index is 298. The Morgan fingerprint density at radius 1 is 1.29 bits per heavy atom. The van der Waals surface area contributed by atoms with Gasteiger partial charge >= 0.3 is 5.97 Å². The summed E-state index contributed by atoms with van der Waals surface area (Å²) >= 11 is 0. The van der Waals surface area contributed by atoms with Crippen LogP contribution in [0.5, 0.6) is 0 Å². The van der Waals surface area contributed by atoms with Gasteiger partial charge in [0.1, 0.15) is 0 Å². The summed E-state index contributed by atoms with van der Waals surface area (Å²) in [6, 6.07) is -0.168. The highest BCUT2D eigenvalue weighted by atomic mass is 16.5. The van der Waals surface area contributed by atoms with Gasteiger partial charge in [-0.2, -0.15) is 0 Å². The molecule has 17 heavy (non-hydrogen) atoms. The summed E-state index contributed by atoms with van der Waals surface area (Å²) in [6.45, 7) is 7.72. The molecule has 0 rings (SSSR count). The van der Waals surface area contributed by atoms with E-state index in [0.29, 0.717) is 12.1 Å². The second-order valence-electron chi connectivity index (χ2n) is 4.17. The van der Waals surface area contributed by atoms with Crippen molar-refractivity contribution in [2.75, 3.05) is 13.7 Å². The number of amides is 1. The number of nitrogens with one attached hydrogen (secondary N) is 2. The van der Waals surface area contributed by atoms with E-state index in [4.69, 9.17) is 0 Å². The van der Waals surface area contributed by atoms with E-state index < -0.39 is 0 Å². The highest BCUT2D eigenvalue weighted by Gasteiger charge is 2.12. The molecule has 1 atom stereocenters. The quantitative estimate of drug-likeness (QED) is 0.529. The summed E-state index contributed by atoms with van der Waals surface area (Å²) in [5.74, 6) is -0.407. The van der Waals surface area contributed by atoms with Crippen molar-refractivity contribution >= 4 is 11.9 Å². The molecule has 5 heteroatoms. The summed E-state index contributed by atoms with van der Waals surface area (Å²) in [5.41, 5.74) is 0.525. The van der Waals surface area contributed by atoms with E-state index in [1.807, 2.05) is 13.8 Å². The Morgan fingerprint density at radius 2 is 1.88 bits per heavy atom. The number of carbonyl (C=O) groups excluding carboxylic acids is 2. The molecule has 0 aliphatic rings. The Hall–Kier alpha value is -1.36. The molecular formula is C12H22N2O3. The molecular weight excluding hydrogens is 220 g/mol. The van der Waals surface area contributed by atoms with Crippen LogP contribution < -0.4 is 10.6 Å². The van der Waals surface area contributed by atoms with Gasteiger partial charge in [-0.15, -0.1) is 0 Å². The first-order valence-corrected chi connectivity index (χ1v) is 5.67. The summed E-state index contributed by atoms with van der Waals surface area (Å²) in [6.07, 6.45) is 1.70. The highest BCUT2D eigenvalue weighted by Crippen LogP contribution is 1.94. The zero-order valence-corrected chi connectivity index (χ0v) is 11.2. The number of ether oxygens (including phenoxy) is 1. The standard InChI is InChI=1S/C12H22N2O3/c1-8(2)14-11(15)10(4)13-7-6-9(3)12(16)17-5/h6,8,10,13H,7H2,1-5H3,(H,14,15). The lowest BCUT2D eigenvalue weighted by atomic mass is 10.2. The molecule has 0 saturated heterocycles. The fourth-order valence-corrected chi connectivity index (χ4v) is 1.14. The van der Waals surface area contributed by atoms with E-state index in [2.05, 4.69) is 15.4 Å². The third-order valence-corrected chi connectivity index (χ3v) is 2.16. The monoisotopic (exact) mass is 242 g/mol. The molecule has 0 bridgehead atoms. The van der Waals surface area contributed by atoms with Gasteiger partial charge in [-0.1, -0.05) is 6.08 Å². The van der Waals surface area contributed by atoms with Crippen molar-refractivity contribution in [1.82, 2.24) is 10.6 Å². The molecule has 1 unspecified atom stereocenters. The van der Waals surface area contributed by atoms with Crippen LogP contribution >= 0.6 is 0 Å². The van der Waals surface area contributed by atoms with E-state index in [1.165, 1.54) is 7.11 Å². The first-order valence-electron chi connectivity index (χ1n) is 5.67. The normalized spacial score (nSPS) is 13.4. The third-order valence-electron chi connectivity index (χ3n) is 2.16. The molecule has 0 saturated carbocycles. The number of esters is 1. The summed E-state index contributed by atoms with van der Waals surface area (Å²) < 4.78 is 4.56. The van der Waals surface area contributed by atoms with Gasteiger partial charge in [0.25, 0.3) is 0 Å². The van der Waals surface area contributed by atoms with Crippen LogP contribution in [0.15, 0.2) is 11.6 Å². The number of hydrogen-bond donors (Lipinski definition) is 2. The second kappa shape index (κ2) is 7.84. The lowest BCUT2D eigenvalue weighted by molar-refractivity contribution is -0.136. The summed E-state index contributed by atoms with van der Waals surface area (Å²) in [4.78, 5) is 22.6. The molecule has 0 aromatic rings. The highest BCUT2D eigenvalue weighted by molar-refractivity contribution is 5.87. The van der Waals surface area contributed by atoms with Gasteiger partial charge in [0, 0.05) is 18.2 Å². The van der Waals surface area contributed by atoms with Gasteiger partial charge in [0.05, 0.1) is 13.2 Å². The number of hydrogen-bond acceptors (Lipinski definition) is 4. The van der Waals surface area contributed by atoms with Crippen molar-refractivity contribution in [1.29, 1.82) is 0 Å². The largest absolute Gasteiger partial charge is 0.466 e. The zero-order valence-electron chi connectivity index (χ0n) is 11.2. The van der Waals surface area contributed by atoms with Gasteiger partial charge in [-0.3, -0.25) is 4.79 Å². The lowest BCUT2D eigenvalue weighted by Gasteiger charge is -2.15. The molecule has 0 heterocycles. The molecule has 0 fully saturated rings. The molecule has 0 aliphatic heterocycles. The van der Waals surface area contributed by atoms with Crippen molar-refractivity contribution in [3.63, 3.8) is 0 Å². The van der Waals surface area contributed by atoms with E-state index in [9.17, 15) is 9.59 Å². The zero-order chi connectivity index (χ0) is 13.4. The smallest absolute Gasteiger partial charge is 0.333 e. The van der Waals surface area contributed by atoms with Crippen molar-refractivity contribution in [2.24, 2.45) is 0 Å². The van der Waals surface area contributed by atoms with Crippen LogP contribution in [-0.4, -0.2) is 37.6 Å². The fraction of sp³-hybridized carbons (Fsp3) is 0.667. The number of methoxy groups -OCH3 is 1. The predicted octanol–water partition coefficient (Wildman–Crippen LogP) is 0.608. The minimum Gasteiger partial charge on any atom is -0.466 e. The van der Waals surface area contributed by atoms with Gasteiger partial charge in [0.15, 0.2) is 0 Å². The minimum absolute atomic E-state index is 0.0517. The van der Waals surface area contributed by atoms with E-state index in [1.54, 1.807) is 19.9 Å². The molecule has 5 nitrogen and oxygen atoms in total. The predicted molar refractivity (Wildman–Crippen MR) is 66.5 cm³/mol. The Labute approximate surface area is 103 Å². The SMILES string of the molecule is COC(=O)C(C)=CCNC(C)C(=O)NC(C)C. The molecule has 0 aromatic carbocycles. The molecule has 98 valence electrons. The molecule has 0 aliphatic carbocycles. The first kappa shape index (κ1) is 15.6. The van der Waals surface area contributed by atoms with Crippen LogP contribution in [0, 0.1) is 0 Å². The van der Waals surface area contributed by atoms with Crippen LogP contribution in [0.25, 0.3) is 0 Å². The first-order chi connectivity index (χ1) is 7.88. The maximum Gasteiger partial charge on any atom is 0.333 e. The van der Waals surface area contributed by atoms with Gasteiger partial charge in [0.2, 0.25) is 5.91 Å². The van der Waals surface area contributed by atoms with Crippen LogP contribution in [-0.2, 0) is 14.3 Å². The maximum atomic E-state index is 11.5. The third kappa shape index (κ3) is 6.73. The number of carbonyl (C=O) groups is 2. The van der Waals surface area contributed by atoms with Crippen LogP contribution in [0.1, 0.15) is 27.7 Å². The van der Waals surface area contributed by atoms with Crippen LogP contribution in [0.4, 0.5) is 0 Å². The Balaban J connectivity index is 4.04. The Morgan fingerprint density at radius 3 is 2.35 bits per heavy atom. The van der Waals surface area contributed by atoms with Crippen molar-refractivity contribution in [3.8, 4) is 0 Å².